The third kappa shape index (κ3) is 3.08. The van der Waals surface area contributed by atoms with Gasteiger partial charge < -0.3 is 5.32 Å². The van der Waals surface area contributed by atoms with Crippen LogP contribution in [-0.4, -0.2) is 22.3 Å². The summed E-state index contributed by atoms with van der Waals surface area (Å²) in [5.41, 5.74) is 2.32. The molecule has 0 aromatic carbocycles. The third-order valence-corrected chi connectivity index (χ3v) is 3.49. The molecule has 1 fully saturated rings. The number of aryl methyl sites for hydroxylation is 1. The smallest absolute Gasteiger partial charge is 0.0640 e. The van der Waals surface area contributed by atoms with Gasteiger partial charge in [-0.05, 0) is 45.1 Å². The molecule has 1 aromatic rings. The lowest BCUT2D eigenvalue weighted by atomic mass is 10.1. The average Bonchev–Trinajstić information content (AvgIpc) is 2.76. The molecule has 1 saturated carbocycles. The topological polar surface area (TPSA) is 40.7 Å². The first-order valence-electron chi connectivity index (χ1n) is 6.40. The van der Waals surface area contributed by atoms with Gasteiger partial charge in [0, 0.05) is 24.2 Å². The molecule has 0 bridgehead atoms. The molecule has 1 aromatic heterocycles. The second kappa shape index (κ2) is 5.00. The molecule has 0 aliphatic heterocycles. The number of nitrogens with one attached hydrogen (secondary N) is 2. The largest absolute Gasteiger partial charge is 0.311 e. The maximum atomic E-state index is 4.28. The lowest BCUT2D eigenvalue weighted by Crippen LogP contribution is -2.36. The van der Waals surface area contributed by atoms with Crippen molar-refractivity contribution in [1.29, 1.82) is 0 Å². The standard InChI is InChI=1S/C13H23N3/c1-9-4-5-12(6-9)14-10(2)7-13-8-11(3)15-16-13/h8-10,12,14H,4-7H2,1-3H3,(H,15,16). The maximum absolute atomic E-state index is 4.28. The number of nitrogens with zero attached hydrogens (tertiary/aromatic N) is 1. The average molecular weight is 221 g/mol. The van der Waals surface area contributed by atoms with Crippen molar-refractivity contribution in [3.63, 3.8) is 0 Å². The molecule has 1 aliphatic carbocycles. The summed E-state index contributed by atoms with van der Waals surface area (Å²) < 4.78 is 0. The van der Waals surface area contributed by atoms with Gasteiger partial charge >= 0.3 is 0 Å². The molecule has 3 atom stereocenters. The van der Waals surface area contributed by atoms with E-state index in [9.17, 15) is 0 Å². The first-order valence-corrected chi connectivity index (χ1v) is 6.40. The lowest BCUT2D eigenvalue weighted by Gasteiger charge is -2.18. The summed E-state index contributed by atoms with van der Waals surface area (Å²) >= 11 is 0. The minimum absolute atomic E-state index is 0.526. The zero-order chi connectivity index (χ0) is 11.5. The van der Waals surface area contributed by atoms with Crippen LogP contribution in [0.25, 0.3) is 0 Å². The Morgan fingerprint density at radius 3 is 2.94 bits per heavy atom. The number of hydrogen-bond acceptors (Lipinski definition) is 2. The van der Waals surface area contributed by atoms with Crippen molar-refractivity contribution in [1.82, 2.24) is 15.5 Å². The normalized spacial score (nSPS) is 27.2. The van der Waals surface area contributed by atoms with Crippen LogP contribution in [0.5, 0.6) is 0 Å². The highest BCUT2D eigenvalue weighted by Crippen LogP contribution is 2.25. The first-order chi connectivity index (χ1) is 7.63. The fraction of sp³-hybridized carbons (Fsp3) is 0.769. The van der Waals surface area contributed by atoms with E-state index >= 15 is 0 Å². The first kappa shape index (κ1) is 11.6. The molecular weight excluding hydrogens is 198 g/mol. The van der Waals surface area contributed by atoms with Crippen molar-refractivity contribution >= 4 is 0 Å². The molecular formula is C13H23N3. The van der Waals surface area contributed by atoms with Gasteiger partial charge in [-0.2, -0.15) is 5.10 Å². The highest BCUT2D eigenvalue weighted by molar-refractivity contribution is 5.08. The Kier molecular flexibility index (Phi) is 3.64. The van der Waals surface area contributed by atoms with E-state index in [1.807, 2.05) is 6.92 Å². The van der Waals surface area contributed by atoms with E-state index in [1.165, 1.54) is 25.0 Å². The molecule has 3 unspecified atom stereocenters. The van der Waals surface area contributed by atoms with E-state index in [1.54, 1.807) is 0 Å². The van der Waals surface area contributed by atoms with E-state index in [0.29, 0.717) is 6.04 Å². The maximum Gasteiger partial charge on any atom is 0.0640 e. The molecule has 1 aliphatic rings. The fourth-order valence-electron chi connectivity index (χ4n) is 2.71. The van der Waals surface area contributed by atoms with Gasteiger partial charge in [0.2, 0.25) is 0 Å². The zero-order valence-corrected chi connectivity index (χ0v) is 10.6. The van der Waals surface area contributed by atoms with Gasteiger partial charge in [0.25, 0.3) is 0 Å². The van der Waals surface area contributed by atoms with Crippen LogP contribution in [0.15, 0.2) is 6.07 Å². The Balaban J connectivity index is 1.78. The molecule has 90 valence electrons. The minimum atomic E-state index is 0.526. The van der Waals surface area contributed by atoms with Crippen LogP contribution in [0.2, 0.25) is 0 Å². The van der Waals surface area contributed by atoms with Crippen LogP contribution in [0.1, 0.15) is 44.5 Å². The van der Waals surface area contributed by atoms with Crippen LogP contribution in [-0.2, 0) is 6.42 Å². The quantitative estimate of drug-likeness (QED) is 0.820. The predicted molar refractivity (Wildman–Crippen MR) is 66.4 cm³/mol. The van der Waals surface area contributed by atoms with Gasteiger partial charge in [-0.1, -0.05) is 6.92 Å². The molecule has 0 radical (unpaired) electrons. The van der Waals surface area contributed by atoms with Crippen molar-refractivity contribution in [3.8, 4) is 0 Å². The summed E-state index contributed by atoms with van der Waals surface area (Å²) in [4.78, 5) is 0. The number of aromatic amines is 1. The van der Waals surface area contributed by atoms with Gasteiger partial charge in [-0.3, -0.25) is 5.10 Å². The Morgan fingerprint density at radius 1 is 1.56 bits per heavy atom. The van der Waals surface area contributed by atoms with Crippen molar-refractivity contribution in [3.05, 3.63) is 17.5 Å². The Morgan fingerprint density at radius 2 is 2.38 bits per heavy atom. The van der Waals surface area contributed by atoms with Crippen LogP contribution < -0.4 is 5.32 Å². The molecule has 3 heteroatoms. The van der Waals surface area contributed by atoms with Crippen LogP contribution >= 0.6 is 0 Å². The van der Waals surface area contributed by atoms with Gasteiger partial charge in [-0.25, -0.2) is 0 Å². The van der Waals surface area contributed by atoms with Crippen LogP contribution in [0.3, 0.4) is 0 Å². The summed E-state index contributed by atoms with van der Waals surface area (Å²) in [6.07, 6.45) is 5.08. The van der Waals surface area contributed by atoms with Crippen molar-refractivity contribution < 1.29 is 0 Å². The zero-order valence-electron chi connectivity index (χ0n) is 10.6. The molecule has 0 spiro atoms. The summed E-state index contributed by atoms with van der Waals surface area (Å²) in [7, 11) is 0. The molecule has 0 amide bonds. The molecule has 2 N–H and O–H groups in total. The SMILES string of the molecule is Cc1cc(CC(C)NC2CCC(C)C2)n[nH]1. The lowest BCUT2D eigenvalue weighted by molar-refractivity contribution is 0.435. The van der Waals surface area contributed by atoms with E-state index in [0.717, 1.165) is 24.1 Å². The Bertz CT molecular complexity index is 332. The van der Waals surface area contributed by atoms with Gasteiger partial charge in [0.15, 0.2) is 0 Å². The van der Waals surface area contributed by atoms with Gasteiger partial charge in [-0.15, -0.1) is 0 Å². The van der Waals surface area contributed by atoms with E-state index in [4.69, 9.17) is 0 Å². The van der Waals surface area contributed by atoms with Crippen molar-refractivity contribution in [2.24, 2.45) is 5.92 Å². The van der Waals surface area contributed by atoms with E-state index < -0.39 is 0 Å². The number of hydrogen-bond donors (Lipinski definition) is 2. The molecule has 16 heavy (non-hydrogen) atoms. The summed E-state index contributed by atoms with van der Waals surface area (Å²) in [5.74, 6) is 0.900. The molecule has 2 rings (SSSR count). The highest BCUT2D eigenvalue weighted by Gasteiger charge is 2.22. The van der Waals surface area contributed by atoms with Gasteiger partial charge in [0.1, 0.15) is 0 Å². The van der Waals surface area contributed by atoms with Gasteiger partial charge in [0.05, 0.1) is 5.69 Å². The van der Waals surface area contributed by atoms with Crippen molar-refractivity contribution in [2.45, 2.75) is 58.5 Å². The minimum Gasteiger partial charge on any atom is -0.311 e. The molecule has 0 saturated heterocycles. The third-order valence-electron chi connectivity index (χ3n) is 3.49. The predicted octanol–water partition coefficient (Wildman–Crippen LogP) is 2.43. The summed E-state index contributed by atoms with van der Waals surface area (Å²) in [5, 5.41) is 11.0. The number of aromatic nitrogens is 2. The monoisotopic (exact) mass is 221 g/mol. The fourth-order valence-corrected chi connectivity index (χ4v) is 2.71. The van der Waals surface area contributed by atoms with Crippen molar-refractivity contribution in [2.75, 3.05) is 0 Å². The van der Waals surface area contributed by atoms with E-state index in [2.05, 4.69) is 35.4 Å². The summed E-state index contributed by atoms with van der Waals surface area (Å²) in [6, 6.07) is 3.39. The second-order valence-electron chi connectivity index (χ2n) is 5.43. The molecule has 3 nitrogen and oxygen atoms in total. The highest BCUT2D eigenvalue weighted by atomic mass is 15.1. The van der Waals surface area contributed by atoms with E-state index in [-0.39, 0.29) is 0 Å². The van der Waals surface area contributed by atoms with Crippen LogP contribution in [0.4, 0.5) is 0 Å². The van der Waals surface area contributed by atoms with Crippen LogP contribution in [0, 0.1) is 12.8 Å². The second-order valence-corrected chi connectivity index (χ2v) is 5.43. The number of H-pyrrole nitrogens is 1. The molecule has 1 heterocycles. The number of rotatable bonds is 4. The Labute approximate surface area is 98.0 Å². The summed E-state index contributed by atoms with van der Waals surface area (Å²) in [6.45, 7) is 6.66. The Hall–Kier alpha value is -0.830.